The lowest BCUT2D eigenvalue weighted by Crippen LogP contribution is -2.26. The van der Waals surface area contributed by atoms with E-state index >= 15 is 0 Å². The topological polar surface area (TPSA) is 82.0 Å². The van der Waals surface area contributed by atoms with Crippen molar-refractivity contribution < 1.29 is 4.79 Å². The third-order valence-corrected chi connectivity index (χ3v) is 2.26. The van der Waals surface area contributed by atoms with Gasteiger partial charge in [-0.15, -0.1) is 0 Å². The first-order valence-corrected chi connectivity index (χ1v) is 5.31. The second-order valence-electron chi connectivity index (χ2n) is 3.83. The van der Waals surface area contributed by atoms with Gasteiger partial charge in [0.2, 0.25) is 0 Å². The van der Waals surface area contributed by atoms with Gasteiger partial charge in [0.25, 0.3) is 5.91 Å². The van der Waals surface area contributed by atoms with Gasteiger partial charge in [0, 0.05) is 18.1 Å². The first kappa shape index (κ1) is 12.1. The second-order valence-corrected chi connectivity index (χ2v) is 3.83. The highest BCUT2D eigenvalue weighted by Gasteiger charge is 2.12. The predicted octanol–water partition coefficient (Wildman–Crippen LogP) is 1.63. The molecule has 0 fully saturated rings. The summed E-state index contributed by atoms with van der Waals surface area (Å²) in [6, 6.07) is 3.37. The molecule has 0 atom stereocenters. The van der Waals surface area contributed by atoms with Crippen molar-refractivity contribution in [3.05, 3.63) is 52.9 Å². The summed E-state index contributed by atoms with van der Waals surface area (Å²) in [7, 11) is 0. The fourth-order valence-electron chi connectivity index (χ4n) is 1.54. The van der Waals surface area contributed by atoms with Gasteiger partial charge in [-0.05, 0) is 31.5 Å². The van der Waals surface area contributed by atoms with Crippen molar-refractivity contribution >= 4 is 11.7 Å². The predicted molar refractivity (Wildman–Crippen MR) is 65.9 cm³/mol. The largest absolute Gasteiger partial charge is 0.750 e. The number of anilines is 1. The van der Waals surface area contributed by atoms with E-state index in [-0.39, 0.29) is 16.6 Å². The zero-order chi connectivity index (χ0) is 13.1. The van der Waals surface area contributed by atoms with Crippen molar-refractivity contribution in [2.45, 2.75) is 13.8 Å². The van der Waals surface area contributed by atoms with E-state index < -0.39 is 5.91 Å². The van der Waals surface area contributed by atoms with Gasteiger partial charge in [-0.25, -0.2) is 9.97 Å². The molecule has 0 unspecified atom stereocenters. The highest BCUT2D eigenvalue weighted by Crippen LogP contribution is 2.15. The molecule has 2 aromatic heterocycles. The molecule has 92 valence electrons. The van der Waals surface area contributed by atoms with Crippen LogP contribution >= 0.6 is 0 Å². The van der Waals surface area contributed by atoms with Gasteiger partial charge in [0.1, 0.15) is 11.5 Å². The summed E-state index contributed by atoms with van der Waals surface area (Å²) in [4.78, 5) is 23.4. The van der Waals surface area contributed by atoms with E-state index in [1.165, 1.54) is 18.6 Å². The Labute approximate surface area is 104 Å². The van der Waals surface area contributed by atoms with Crippen molar-refractivity contribution in [3.63, 3.8) is 0 Å². The number of carbonyl (C=O) groups excluding carboxylic acids is 1. The quantitative estimate of drug-likeness (QED) is 0.749. The van der Waals surface area contributed by atoms with Crippen molar-refractivity contribution in [2.24, 2.45) is 0 Å². The van der Waals surface area contributed by atoms with Crippen molar-refractivity contribution in [2.75, 3.05) is 5.06 Å². The molecule has 6 nitrogen and oxygen atoms in total. The van der Waals surface area contributed by atoms with Crippen LogP contribution in [0.25, 0.3) is 0 Å². The minimum Gasteiger partial charge on any atom is -0.750 e. The molecule has 18 heavy (non-hydrogen) atoms. The third-order valence-electron chi connectivity index (χ3n) is 2.26. The number of rotatable bonds is 2. The smallest absolute Gasteiger partial charge is 0.269 e. The number of aromatic nitrogens is 3. The molecule has 0 aliphatic heterocycles. The van der Waals surface area contributed by atoms with Crippen LogP contribution in [0.15, 0.2) is 30.7 Å². The molecule has 2 aromatic rings. The van der Waals surface area contributed by atoms with Crippen LogP contribution < -0.4 is 5.06 Å². The normalized spacial score (nSPS) is 10.2. The van der Waals surface area contributed by atoms with Gasteiger partial charge in [-0.1, -0.05) is 0 Å². The van der Waals surface area contributed by atoms with Gasteiger partial charge >= 0.3 is 0 Å². The number of pyridine rings is 1. The zero-order valence-electron chi connectivity index (χ0n) is 9.99. The SMILES string of the molecule is Cc1cc(C)nc(N([O-])C(=O)c2cnccn2)c1. The Kier molecular flexibility index (Phi) is 3.29. The van der Waals surface area contributed by atoms with Crippen LogP contribution in [-0.4, -0.2) is 20.9 Å². The van der Waals surface area contributed by atoms with E-state index in [0.717, 1.165) is 5.56 Å². The summed E-state index contributed by atoms with van der Waals surface area (Å²) in [5, 5.41) is 12.1. The Balaban J connectivity index is 2.31. The Hall–Kier alpha value is -2.34. The van der Waals surface area contributed by atoms with Crippen molar-refractivity contribution in [3.8, 4) is 0 Å². The van der Waals surface area contributed by atoms with Gasteiger partial charge < -0.3 is 10.3 Å². The van der Waals surface area contributed by atoms with Crippen molar-refractivity contribution in [1.29, 1.82) is 0 Å². The zero-order valence-corrected chi connectivity index (χ0v) is 9.99. The molecule has 0 aliphatic rings. The Bertz CT molecular complexity index is 551. The first-order valence-electron chi connectivity index (χ1n) is 5.31. The van der Waals surface area contributed by atoms with E-state index in [1.807, 2.05) is 13.0 Å². The summed E-state index contributed by atoms with van der Waals surface area (Å²) in [5.74, 6) is -0.719. The molecule has 0 bridgehead atoms. The van der Waals surface area contributed by atoms with Crippen LogP contribution in [0.3, 0.4) is 0 Å². The molecule has 0 aromatic carbocycles. The molecule has 0 spiro atoms. The molecule has 6 heteroatoms. The summed E-state index contributed by atoms with van der Waals surface area (Å²) in [6.45, 7) is 3.59. The standard InChI is InChI=1S/C12H11N4O2/c1-8-5-9(2)15-11(6-8)16(18)12(17)10-7-13-3-4-14-10/h3-7H,1-2H3/q-1. The number of hydrogen-bond acceptors (Lipinski definition) is 5. The molecule has 1 amide bonds. The number of carbonyl (C=O) groups is 1. The second kappa shape index (κ2) is 4.89. The molecule has 0 radical (unpaired) electrons. The molecule has 0 aliphatic carbocycles. The minimum atomic E-state index is -0.777. The Morgan fingerprint density at radius 3 is 2.67 bits per heavy atom. The highest BCUT2D eigenvalue weighted by atomic mass is 16.5. The van der Waals surface area contributed by atoms with Crippen LogP contribution in [-0.2, 0) is 0 Å². The van der Waals surface area contributed by atoms with E-state index in [2.05, 4.69) is 15.0 Å². The lowest BCUT2D eigenvalue weighted by atomic mass is 10.2. The third kappa shape index (κ3) is 2.49. The van der Waals surface area contributed by atoms with Gasteiger partial charge in [0.05, 0.1) is 6.20 Å². The molecule has 0 saturated heterocycles. The van der Waals surface area contributed by atoms with Crippen molar-refractivity contribution in [1.82, 2.24) is 15.0 Å². The molecule has 2 heterocycles. The summed E-state index contributed by atoms with van der Waals surface area (Å²) in [5.41, 5.74) is 1.54. The molecule has 2 rings (SSSR count). The van der Waals surface area contributed by atoms with E-state index in [0.29, 0.717) is 5.69 Å². The molecular weight excluding hydrogens is 232 g/mol. The lowest BCUT2D eigenvalue weighted by Gasteiger charge is -2.26. The average Bonchev–Trinajstić information content (AvgIpc) is 2.37. The summed E-state index contributed by atoms with van der Waals surface area (Å²) < 4.78 is 0. The highest BCUT2D eigenvalue weighted by molar-refractivity contribution is 6.04. The molecule has 0 N–H and O–H groups in total. The van der Waals surface area contributed by atoms with Crippen LogP contribution in [0.5, 0.6) is 0 Å². The van der Waals surface area contributed by atoms with Gasteiger partial charge in [-0.2, -0.15) is 0 Å². The van der Waals surface area contributed by atoms with Crippen LogP contribution in [0.1, 0.15) is 21.7 Å². The number of hydroxylamine groups is 1. The van der Waals surface area contributed by atoms with Gasteiger partial charge in [-0.3, -0.25) is 9.78 Å². The molecule has 0 saturated carbocycles. The maximum Gasteiger partial charge on any atom is 0.269 e. The number of amides is 1. The van der Waals surface area contributed by atoms with Gasteiger partial charge in [0.15, 0.2) is 0 Å². The number of hydrogen-bond donors (Lipinski definition) is 0. The first-order chi connectivity index (χ1) is 8.58. The minimum absolute atomic E-state index is 0.00606. The summed E-state index contributed by atoms with van der Waals surface area (Å²) in [6.07, 6.45) is 4.03. The maximum absolute atomic E-state index is 11.9. The fourth-order valence-corrected chi connectivity index (χ4v) is 1.54. The Morgan fingerprint density at radius 1 is 1.28 bits per heavy atom. The number of aryl methyl sites for hydroxylation is 2. The lowest BCUT2D eigenvalue weighted by molar-refractivity contribution is 0.0992. The fraction of sp³-hybridized carbons (Fsp3) is 0.167. The Morgan fingerprint density at radius 2 is 2.06 bits per heavy atom. The van der Waals surface area contributed by atoms with Crippen LogP contribution in [0.2, 0.25) is 0 Å². The summed E-state index contributed by atoms with van der Waals surface area (Å²) >= 11 is 0. The monoisotopic (exact) mass is 243 g/mol. The maximum atomic E-state index is 11.9. The number of nitrogens with zero attached hydrogens (tertiary/aromatic N) is 4. The van der Waals surface area contributed by atoms with Crippen LogP contribution in [0, 0.1) is 19.1 Å². The van der Waals surface area contributed by atoms with E-state index in [9.17, 15) is 10.0 Å². The van der Waals surface area contributed by atoms with E-state index in [4.69, 9.17) is 0 Å². The van der Waals surface area contributed by atoms with Crippen LogP contribution in [0.4, 0.5) is 5.82 Å². The molecular formula is C12H11N4O2-. The average molecular weight is 243 g/mol. The van der Waals surface area contributed by atoms with E-state index in [1.54, 1.807) is 13.0 Å².